The molecule has 202 valence electrons. The lowest BCUT2D eigenvalue weighted by Crippen LogP contribution is -3.00. The number of nitro groups is 1. The van der Waals surface area contributed by atoms with Crippen molar-refractivity contribution in [1.29, 1.82) is 0 Å². The van der Waals surface area contributed by atoms with Gasteiger partial charge in [0.1, 0.15) is 0 Å². The molecule has 11 nitrogen and oxygen atoms in total. The van der Waals surface area contributed by atoms with Crippen molar-refractivity contribution >= 4 is 23.3 Å². The summed E-state index contributed by atoms with van der Waals surface area (Å²) >= 11 is 0. The minimum Gasteiger partial charge on any atom is -1.00 e. The highest BCUT2D eigenvalue weighted by molar-refractivity contribution is 5.90. The summed E-state index contributed by atoms with van der Waals surface area (Å²) in [4.78, 5) is 31.6. The van der Waals surface area contributed by atoms with E-state index < -0.39 is 22.4 Å². The summed E-state index contributed by atoms with van der Waals surface area (Å²) in [5.41, 5.74) is 12.3. The van der Waals surface area contributed by atoms with Crippen molar-refractivity contribution in [3.05, 3.63) is 69.0 Å². The minimum atomic E-state index is -1.06. The van der Waals surface area contributed by atoms with Crippen LogP contribution in [0, 0.1) is 15.9 Å². The maximum atomic E-state index is 12.9. The van der Waals surface area contributed by atoms with Crippen LogP contribution in [0.15, 0.2) is 36.4 Å². The second-order valence-corrected chi connectivity index (χ2v) is 6.70. The third-order valence-electron chi connectivity index (χ3n) is 4.25. The lowest BCUT2D eigenvalue weighted by atomic mass is 10.0. The zero-order valence-electron chi connectivity index (χ0n) is 20.6. The zero-order valence-corrected chi connectivity index (χ0v) is 22.8. The van der Waals surface area contributed by atoms with Crippen LogP contribution in [0.25, 0.3) is 0 Å². The van der Waals surface area contributed by atoms with E-state index in [4.69, 9.17) is 16.2 Å². The first-order valence-corrected chi connectivity index (χ1v) is 10.3. The van der Waals surface area contributed by atoms with E-state index in [0.29, 0.717) is 31.0 Å². The second kappa shape index (κ2) is 20.3. The number of halogens is 2. The number of esters is 2. The number of nitrogen functional groups attached to an aromatic ring is 1. The molecule has 36 heavy (non-hydrogen) atoms. The molecule has 2 aromatic carbocycles. The monoisotopic (exact) mass is 624 g/mol. The van der Waals surface area contributed by atoms with Crippen molar-refractivity contribution in [2.45, 2.75) is 12.8 Å². The number of hydrogen-bond donors (Lipinski definition) is 2. The molecule has 0 saturated heterocycles. The summed E-state index contributed by atoms with van der Waals surface area (Å²) in [6.45, 7) is 1.97. The molecule has 0 bridgehead atoms. The summed E-state index contributed by atoms with van der Waals surface area (Å²) in [6, 6.07) is 7.99. The quantitative estimate of drug-likeness (QED) is 0.0949. The molecule has 0 heterocycles. The fraction of sp³-hybridized carbons (Fsp3) is 0.391. The van der Waals surface area contributed by atoms with E-state index >= 15 is 0 Å². The number of carbonyl (C=O) groups excluding carboxylic acids is 2. The average Bonchev–Trinajstić information content (AvgIpc) is 2.85. The van der Waals surface area contributed by atoms with Crippen LogP contribution in [0.4, 0.5) is 15.8 Å². The van der Waals surface area contributed by atoms with Crippen molar-refractivity contribution in [3.63, 3.8) is 0 Å². The molecule has 0 unspecified atom stereocenters. The molecule has 2 rings (SSSR count). The molecule has 0 aromatic heterocycles. The smallest absolute Gasteiger partial charge is 0.337 e. The largest absolute Gasteiger partial charge is 1.00 e. The van der Waals surface area contributed by atoms with Gasteiger partial charge < -0.3 is 54.4 Å². The normalized spacial score (nSPS) is 9.39. The van der Waals surface area contributed by atoms with Gasteiger partial charge in [-0.1, -0.05) is 0 Å². The van der Waals surface area contributed by atoms with Crippen molar-refractivity contribution in [3.8, 4) is 0 Å². The Kier molecular flexibility index (Phi) is 19.9. The first-order valence-electron chi connectivity index (χ1n) is 10.3. The molecule has 0 saturated carbocycles. The summed E-state index contributed by atoms with van der Waals surface area (Å²) in [5, 5.41) is 10.2. The number of aryl methyl sites for hydroxylation is 1. The molecule has 0 spiro atoms. The maximum absolute atomic E-state index is 12.9. The molecular weight excluding hydrogens is 592 g/mol. The van der Waals surface area contributed by atoms with Crippen LogP contribution in [0.1, 0.15) is 32.7 Å². The van der Waals surface area contributed by atoms with E-state index in [-0.39, 0.29) is 35.5 Å². The predicted octanol–water partition coefficient (Wildman–Crippen LogP) is -0.250. The number of anilines is 1. The van der Waals surface area contributed by atoms with Gasteiger partial charge in [0, 0.05) is 39.1 Å². The highest BCUT2D eigenvalue weighted by Gasteiger charge is 2.16. The molecule has 0 amide bonds. The Morgan fingerprint density at radius 3 is 1.89 bits per heavy atom. The van der Waals surface area contributed by atoms with Gasteiger partial charge in [0.15, 0.2) is 0 Å². The topological polar surface area (TPSA) is 166 Å². The van der Waals surface area contributed by atoms with Crippen LogP contribution in [-0.4, -0.2) is 65.1 Å². The molecule has 13 heteroatoms. The van der Waals surface area contributed by atoms with E-state index in [0.717, 1.165) is 43.7 Å². The number of rotatable bonds is 9. The van der Waals surface area contributed by atoms with Gasteiger partial charge in [0.2, 0.25) is 5.82 Å². The van der Waals surface area contributed by atoms with Gasteiger partial charge in [-0.2, -0.15) is 4.39 Å². The summed E-state index contributed by atoms with van der Waals surface area (Å²) in [6.07, 6.45) is 1.68. The van der Waals surface area contributed by atoms with Crippen LogP contribution in [0.5, 0.6) is 0 Å². The number of ether oxygens (including phenoxy) is 4. The van der Waals surface area contributed by atoms with Crippen molar-refractivity contribution in [2.75, 3.05) is 53.9 Å². The van der Waals surface area contributed by atoms with Crippen LogP contribution in [-0.2, 0) is 25.4 Å². The summed E-state index contributed by atoms with van der Waals surface area (Å²) < 4.78 is 31.5. The molecular formula is C23H32FIN3O8-. The van der Waals surface area contributed by atoms with Gasteiger partial charge in [-0.25, -0.2) is 9.59 Å². The summed E-state index contributed by atoms with van der Waals surface area (Å²) in [7, 11) is 5.80. The Balaban J connectivity index is 0. The molecule has 0 aliphatic carbocycles. The third kappa shape index (κ3) is 13.3. The highest BCUT2D eigenvalue weighted by atomic mass is 127. The summed E-state index contributed by atoms with van der Waals surface area (Å²) in [5.74, 6) is -2.13. The molecule has 0 aliphatic rings. The van der Waals surface area contributed by atoms with Crippen LogP contribution < -0.4 is 35.4 Å². The number of methoxy groups -OCH3 is 4. The van der Waals surface area contributed by atoms with E-state index in [9.17, 15) is 24.1 Å². The van der Waals surface area contributed by atoms with Crippen LogP contribution in [0.2, 0.25) is 0 Å². The van der Waals surface area contributed by atoms with Gasteiger partial charge in [-0.05, 0) is 48.7 Å². The van der Waals surface area contributed by atoms with Crippen LogP contribution >= 0.6 is 0 Å². The molecule has 0 atom stereocenters. The van der Waals surface area contributed by atoms with E-state index in [1.54, 1.807) is 32.4 Å². The number of nitro benzene ring substituents is 1. The first kappa shape index (κ1) is 35.3. The van der Waals surface area contributed by atoms with Gasteiger partial charge in [0.05, 0.1) is 36.9 Å². The van der Waals surface area contributed by atoms with Gasteiger partial charge in [-0.15, -0.1) is 0 Å². The lowest BCUT2D eigenvalue weighted by molar-refractivity contribution is -0.387. The highest BCUT2D eigenvalue weighted by Crippen LogP contribution is 2.18. The Morgan fingerprint density at radius 1 is 0.944 bits per heavy atom. The Hall–Kier alpha value is -2.88. The van der Waals surface area contributed by atoms with E-state index in [2.05, 4.69) is 14.2 Å². The number of carbonyl (C=O) groups is 2. The maximum Gasteiger partial charge on any atom is 0.337 e. The predicted molar refractivity (Wildman–Crippen MR) is 128 cm³/mol. The van der Waals surface area contributed by atoms with E-state index in [1.165, 1.54) is 7.11 Å². The van der Waals surface area contributed by atoms with Gasteiger partial charge in [0.25, 0.3) is 0 Å². The molecule has 0 fully saturated rings. The number of nitrogens with two attached hydrogens (primary N) is 2. The standard InChI is InChI=1S/C12H17NO3.C8H6FNO4.C3H9NO.HI/c1-15-7-3-4-9-8-10(12(14)16-2)5-6-11(9)13;1-14-8(11)5-2-3-7(10(12)13)6(9)4-5;1-5-3-2-4;/h5-6,8H,3-4,7,13H2,1-2H3;2-4H,1H3;2-4H2,1H3;1H/p-1. The Bertz CT molecular complexity index is 961. The minimum absolute atomic E-state index is 0. The first-order chi connectivity index (χ1) is 16.7. The molecule has 0 radical (unpaired) electrons. The number of nitrogens with zero attached hydrogens (tertiary/aromatic N) is 1. The molecule has 4 N–H and O–H groups in total. The lowest BCUT2D eigenvalue weighted by Gasteiger charge is -2.07. The van der Waals surface area contributed by atoms with Crippen molar-refractivity contribution < 1.29 is 61.8 Å². The van der Waals surface area contributed by atoms with Crippen molar-refractivity contribution in [2.24, 2.45) is 5.73 Å². The van der Waals surface area contributed by atoms with Crippen molar-refractivity contribution in [1.82, 2.24) is 0 Å². The average molecular weight is 624 g/mol. The fourth-order valence-corrected chi connectivity index (χ4v) is 2.49. The second-order valence-electron chi connectivity index (χ2n) is 6.70. The van der Waals surface area contributed by atoms with E-state index in [1.807, 2.05) is 0 Å². The third-order valence-corrected chi connectivity index (χ3v) is 4.25. The number of benzene rings is 2. The fourth-order valence-electron chi connectivity index (χ4n) is 2.49. The number of hydrogen-bond acceptors (Lipinski definition) is 10. The Labute approximate surface area is 226 Å². The Morgan fingerprint density at radius 2 is 1.47 bits per heavy atom. The SMILES string of the molecule is COC(=O)c1ccc([N+](=O)[O-])c(F)c1.COCCCc1cc(C(=O)OC)ccc1N.COCCN.[I-]. The molecule has 2 aromatic rings. The van der Waals surface area contributed by atoms with Gasteiger partial charge in [-0.3, -0.25) is 10.1 Å². The zero-order chi connectivity index (χ0) is 26.8. The van der Waals surface area contributed by atoms with Crippen LogP contribution in [0.3, 0.4) is 0 Å². The molecule has 0 aliphatic heterocycles. The van der Waals surface area contributed by atoms with Gasteiger partial charge >= 0.3 is 17.6 Å².